The zero-order chi connectivity index (χ0) is 26.2. The SMILES string of the molecule is C[Si](C)(C)OC(=O)[C@H]1O[C@H](O[Si](C)(C)C)[C@@H](O[Si](C)(C)C)[C@@H](O[Si](C)(C)C)[C@@H]1O[Si](C)(C)C. The van der Waals surface area contributed by atoms with E-state index in [-0.39, 0.29) is 0 Å². The van der Waals surface area contributed by atoms with Gasteiger partial charge in [-0.25, -0.2) is 0 Å². The largest absolute Gasteiger partial charge is 0.518 e. The average Bonchev–Trinajstić information content (AvgIpc) is 2.45. The van der Waals surface area contributed by atoms with E-state index in [0.717, 1.165) is 0 Å². The lowest BCUT2D eigenvalue weighted by Crippen LogP contribution is -2.68. The molecule has 12 heteroatoms. The molecule has 0 spiro atoms. The van der Waals surface area contributed by atoms with Crippen LogP contribution in [0.2, 0.25) is 98.2 Å². The summed E-state index contributed by atoms with van der Waals surface area (Å²) >= 11 is 0. The summed E-state index contributed by atoms with van der Waals surface area (Å²) in [6.45, 7) is 31.5. The van der Waals surface area contributed by atoms with Crippen molar-refractivity contribution >= 4 is 47.6 Å². The molecule has 7 nitrogen and oxygen atoms in total. The summed E-state index contributed by atoms with van der Waals surface area (Å²) in [5, 5.41) is 0. The number of ether oxygens (including phenoxy) is 1. The fraction of sp³-hybridized carbons (Fsp3) is 0.952. The highest BCUT2D eigenvalue weighted by Gasteiger charge is 2.55. The second-order valence-corrected chi connectivity index (χ2v) is 36.0. The molecular formula is C21H50O7Si5. The molecular weight excluding hydrogens is 505 g/mol. The minimum atomic E-state index is -2.15. The Hall–Kier alpha value is 0.354. The van der Waals surface area contributed by atoms with Crippen molar-refractivity contribution in [2.75, 3.05) is 0 Å². The first-order valence-corrected chi connectivity index (χ1v) is 29.0. The predicted molar refractivity (Wildman–Crippen MR) is 147 cm³/mol. The lowest BCUT2D eigenvalue weighted by Gasteiger charge is -2.51. The summed E-state index contributed by atoms with van der Waals surface area (Å²) in [6, 6.07) is 0. The maximum atomic E-state index is 13.4. The quantitative estimate of drug-likeness (QED) is 0.325. The van der Waals surface area contributed by atoms with Gasteiger partial charge in [0, 0.05) is 0 Å². The smallest absolute Gasteiger partial charge is 0.324 e. The summed E-state index contributed by atoms with van der Waals surface area (Å²) in [7, 11) is -10.3. The van der Waals surface area contributed by atoms with Crippen LogP contribution >= 0.6 is 0 Å². The zero-order valence-electron chi connectivity index (χ0n) is 23.7. The standard InChI is InChI=1S/C21H50O7Si5/c1-29(2,3)24-16-17(25-30(4,5)6)19(26-31(7,8)9)21(28-33(13,14)15)23-18(16)20(22)27-32(10,11)12/h16-19,21H,1-15H3/t16-,17-,18-,19-,21+/m0/s1. The van der Waals surface area contributed by atoms with E-state index in [2.05, 4.69) is 78.6 Å². The average molecular weight is 555 g/mol. The van der Waals surface area contributed by atoms with Crippen molar-refractivity contribution < 1.29 is 31.7 Å². The van der Waals surface area contributed by atoms with Gasteiger partial charge in [-0.3, -0.25) is 4.79 Å². The van der Waals surface area contributed by atoms with E-state index in [0.29, 0.717) is 0 Å². The van der Waals surface area contributed by atoms with Gasteiger partial charge in [0.25, 0.3) is 0 Å². The minimum Gasteiger partial charge on any atom is -0.518 e. The van der Waals surface area contributed by atoms with E-state index in [1.165, 1.54) is 0 Å². The second-order valence-electron chi connectivity index (χ2n) is 13.8. The molecule has 1 aliphatic rings. The van der Waals surface area contributed by atoms with Crippen LogP contribution in [0.1, 0.15) is 0 Å². The molecule has 0 amide bonds. The first-order chi connectivity index (χ1) is 14.4. The Morgan fingerprint density at radius 2 is 0.879 bits per heavy atom. The molecule has 0 aliphatic carbocycles. The van der Waals surface area contributed by atoms with Crippen molar-refractivity contribution in [3.63, 3.8) is 0 Å². The van der Waals surface area contributed by atoms with Crippen molar-refractivity contribution in [3.05, 3.63) is 0 Å². The second kappa shape index (κ2) is 10.8. The van der Waals surface area contributed by atoms with Gasteiger partial charge in [0.05, 0.1) is 0 Å². The lowest BCUT2D eigenvalue weighted by atomic mass is 9.99. The summed E-state index contributed by atoms with van der Waals surface area (Å²) in [6.07, 6.45) is -3.22. The highest BCUT2D eigenvalue weighted by molar-refractivity contribution is 6.72. The summed E-state index contributed by atoms with van der Waals surface area (Å²) in [4.78, 5) is 13.4. The molecule has 1 rings (SSSR count). The summed E-state index contributed by atoms with van der Waals surface area (Å²) < 4.78 is 38.8. The Labute approximate surface area is 207 Å². The Kier molecular flexibility index (Phi) is 10.2. The highest BCUT2D eigenvalue weighted by atomic mass is 28.4. The van der Waals surface area contributed by atoms with Gasteiger partial charge in [0.2, 0.25) is 8.32 Å². The third-order valence-electron chi connectivity index (χ3n) is 4.07. The van der Waals surface area contributed by atoms with Crippen LogP contribution in [0.25, 0.3) is 0 Å². The van der Waals surface area contributed by atoms with E-state index >= 15 is 0 Å². The number of rotatable bonds is 10. The van der Waals surface area contributed by atoms with Crippen LogP contribution in [0.3, 0.4) is 0 Å². The third-order valence-corrected chi connectivity index (χ3v) is 8.76. The molecule has 0 radical (unpaired) electrons. The minimum absolute atomic E-state index is 0.391. The number of carbonyl (C=O) groups is 1. The van der Waals surface area contributed by atoms with Gasteiger partial charge in [-0.1, -0.05) is 0 Å². The van der Waals surface area contributed by atoms with Crippen molar-refractivity contribution in [2.45, 2.75) is 129 Å². The molecule has 0 aromatic carbocycles. The number of hydrogen-bond acceptors (Lipinski definition) is 7. The van der Waals surface area contributed by atoms with Gasteiger partial charge in [-0.05, 0) is 98.2 Å². The van der Waals surface area contributed by atoms with E-state index in [1.807, 2.05) is 19.6 Å². The van der Waals surface area contributed by atoms with Crippen LogP contribution in [-0.4, -0.2) is 78.3 Å². The third kappa shape index (κ3) is 12.2. The van der Waals surface area contributed by atoms with Gasteiger partial charge < -0.3 is 26.9 Å². The molecule has 0 aromatic heterocycles. The van der Waals surface area contributed by atoms with Crippen molar-refractivity contribution in [1.82, 2.24) is 0 Å². The first-order valence-electron chi connectivity index (χ1n) is 12.0. The van der Waals surface area contributed by atoms with Crippen LogP contribution in [0.5, 0.6) is 0 Å². The normalized spacial score (nSPS) is 28.0. The molecule has 33 heavy (non-hydrogen) atoms. The molecule has 0 saturated carbocycles. The Morgan fingerprint density at radius 3 is 1.24 bits per heavy atom. The van der Waals surface area contributed by atoms with Gasteiger partial charge in [-0.15, -0.1) is 0 Å². The number of carbonyl (C=O) groups excluding carboxylic acids is 1. The van der Waals surface area contributed by atoms with Gasteiger partial charge in [0.1, 0.15) is 18.3 Å². The van der Waals surface area contributed by atoms with E-state index < -0.39 is 78.3 Å². The number of hydrogen-bond donors (Lipinski definition) is 0. The maximum absolute atomic E-state index is 13.4. The lowest BCUT2D eigenvalue weighted by molar-refractivity contribution is -0.262. The maximum Gasteiger partial charge on any atom is 0.324 e. The van der Waals surface area contributed by atoms with E-state index in [4.69, 9.17) is 26.9 Å². The highest BCUT2D eigenvalue weighted by Crippen LogP contribution is 2.35. The van der Waals surface area contributed by atoms with Crippen LogP contribution in [-0.2, 0) is 31.7 Å². The predicted octanol–water partition coefficient (Wildman–Crippen LogP) is 5.60. The molecule has 0 bridgehead atoms. The Bertz CT molecular complexity index is 656. The molecule has 1 heterocycles. The van der Waals surface area contributed by atoms with Crippen LogP contribution in [0.4, 0.5) is 0 Å². The topological polar surface area (TPSA) is 72.5 Å². The van der Waals surface area contributed by atoms with Crippen molar-refractivity contribution in [2.24, 2.45) is 0 Å². The van der Waals surface area contributed by atoms with E-state index in [9.17, 15) is 4.79 Å². The fourth-order valence-corrected chi connectivity index (χ4v) is 8.24. The molecule has 196 valence electrons. The zero-order valence-corrected chi connectivity index (χ0v) is 28.7. The Balaban J connectivity index is 3.62. The monoisotopic (exact) mass is 554 g/mol. The van der Waals surface area contributed by atoms with Gasteiger partial charge in [0.15, 0.2) is 45.7 Å². The Morgan fingerprint density at radius 1 is 0.515 bits per heavy atom. The van der Waals surface area contributed by atoms with E-state index in [1.54, 1.807) is 0 Å². The van der Waals surface area contributed by atoms with Crippen molar-refractivity contribution in [3.8, 4) is 0 Å². The molecule has 5 atom stereocenters. The van der Waals surface area contributed by atoms with Gasteiger partial charge in [-0.2, -0.15) is 0 Å². The summed E-state index contributed by atoms with van der Waals surface area (Å²) in [5.41, 5.74) is 0. The molecule has 0 N–H and O–H groups in total. The van der Waals surface area contributed by atoms with Gasteiger partial charge >= 0.3 is 5.97 Å². The first kappa shape index (κ1) is 31.4. The molecule has 1 saturated heterocycles. The van der Waals surface area contributed by atoms with Crippen LogP contribution < -0.4 is 0 Å². The fourth-order valence-electron chi connectivity index (χ4n) is 3.42. The molecule has 1 aliphatic heterocycles. The molecule has 0 unspecified atom stereocenters. The molecule has 1 fully saturated rings. The van der Waals surface area contributed by atoms with Crippen molar-refractivity contribution in [1.29, 1.82) is 0 Å². The van der Waals surface area contributed by atoms with Crippen LogP contribution in [0.15, 0.2) is 0 Å². The molecule has 0 aromatic rings. The van der Waals surface area contributed by atoms with Crippen LogP contribution in [0, 0.1) is 0 Å². The summed E-state index contributed by atoms with van der Waals surface area (Å²) in [5.74, 6) is -0.391.